The SMILES string of the molecule is COC(=O)C1=C(C)N=c2s/c(=C/c3cccc([N+](=O)[O-])c3)c(=O)n2C1c1ccc(OC(C)=O)cc1. The number of esters is 2. The molecule has 1 aliphatic rings. The van der Waals surface area contributed by atoms with Gasteiger partial charge >= 0.3 is 11.9 Å². The Morgan fingerprint density at radius 3 is 2.54 bits per heavy atom. The van der Waals surface area contributed by atoms with Crippen LogP contribution >= 0.6 is 11.3 Å². The van der Waals surface area contributed by atoms with E-state index in [4.69, 9.17) is 9.47 Å². The minimum absolute atomic E-state index is 0.0962. The summed E-state index contributed by atoms with van der Waals surface area (Å²) in [4.78, 5) is 52.9. The minimum Gasteiger partial charge on any atom is -0.466 e. The number of hydrogen-bond donors (Lipinski definition) is 0. The highest BCUT2D eigenvalue weighted by molar-refractivity contribution is 7.07. The van der Waals surface area contributed by atoms with Gasteiger partial charge in [0.05, 0.1) is 33.9 Å². The number of nitrogens with zero attached hydrogens (tertiary/aromatic N) is 3. The lowest BCUT2D eigenvalue weighted by atomic mass is 9.96. The molecule has 0 amide bonds. The summed E-state index contributed by atoms with van der Waals surface area (Å²) in [5, 5.41) is 11.1. The molecule has 0 saturated heterocycles. The van der Waals surface area contributed by atoms with Crippen molar-refractivity contribution in [2.24, 2.45) is 4.99 Å². The summed E-state index contributed by atoms with van der Waals surface area (Å²) in [6.45, 7) is 2.94. The lowest BCUT2D eigenvalue weighted by Crippen LogP contribution is -2.39. The highest BCUT2D eigenvalue weighted by atomic mass is 32.1. The molecular weight excluding hydrogens is 474 g/mol. The van der Waals surface area contributed by atoms with Gasteiger partial charge < -0.3 is 9.47 Å². The van der Waals surface area contributed by atoms with Gasteiger partial charge in [0.15, 0.2) is 4.80 Å². The van der Waals surface area contributed by atoms with E-state index in [9.17, 15) is 24.5 Å². The van der Waals surface area contributed by atoms with Crippen molar-refractivity contribution in [1.82, 2.24) is 4.57 Å². The van der Waals surface area contributed by atoms with Gasteiger partial charge in [-0.3, -0.25) is 24.3 Å². The first-order valence-corrected chi connectivity index (χ1v) is 11.1. The number of non-ortho nitro benzene ring substituents is 1. The van der Waals surface area contributed by atoms with Crippen LogP contribution in [0.1, 0.15) is 31.0 Å². The Hall–Kier alpha value is -4.38. The second-order valence-electron chi connectivity index (χ2n) is 7.59. The van der Waals surface area contributed by atoms with E-state index in [-0.39, 0.29) is 11.3 Å². The van der Waals surface area contributed by atoms with Gasteiger partial charge in [0.1, 0.15) is 5.75 Å². The van der Waals surface area contributed by atoms with E-state index in [2.05, 4.69) is 4.99 Å². The molecule has 11 heteroatoms. The fraction of sp³-hybridized carbons (Fsp3) is 0.167. The van der Waals surface area contributed by atoms with E-state index in [1.54, 1.807) is 43.3 Å². The summed E-state index contributed by atoms with van der Waals surface area (Å²) in [5.74, 6) is -0.786. The van der Waals surface area contributed by atoms with Gasteiger partial charge in [-0.15, -0.1) is 0 Å². The number of carbonyl (C=O) groups is 2. The van der Waals surface area contributed by atoms with Crippen LogP contribution in [0.15, 0.2) is 69.6 Å². The normalized spacial score (nSPS) is 15.3. The van der Waals surface area contributed by atoms with Crippen molar-refractivity contribution in [3.8, 4) is 5.75 Å². The molecule has 10 nitrogen and oxygen atoms in total. The highest BCUT2D eigenvalue weighted by Gasteiger charge is 2.33. The molecule has 4 rings (SSSR count). The molecule has 0 spiro atoms. The molecule has 1 aromatic heterocycles. The van der Waals surface area contributed by atoms with Crippen molar-refractivity contribution in [3.05, 3.63) is 101 Å². The van der Waals surface area contributed by atoms with E-state index in [1.165, 1.54) is 36.8 Å². The first-order chi connectivity index (χ1) is 16.7. The van der Waals surface area contributed by atoms with E-state index >= 15 is 0 Å². The molecule has 0 aliphatic carbocycles. The molecule has 0 saturated carbocycles. The lowest BCUT2D eigenvalue weighted by molar-refractivity contribution is -0.384. The number of ether oxygens (including phenoxy) is 2. The van der Waals surface area contributed by atoms with Gasteiger partial charge in [0.25, 0.3) is 11.2 Å². The number of allylic oxidation sites excluding steroid dienone is 1. The van der Waals surface area contributed by atoms with Gasteiger partial charge in [0.2, 0.25) is 0 Å². The number of rotatable bonds is 5. The third kappa shape index (κ3) is 4.66. The van der Waals surface area contributed by atoms with Crippen molar-refractivity contribution in [3.63, 3.8) is 0 Å². The van der Waals surface area contributed by atoms with Crippen LogP contribution in [0.3, 0.4) is 0 Å². The molecule has 1 atom stereocenters. The fourth-order valence-corrected chi connectivity index (χ4v) is 4.82. The number of fused-ring (bicyclic) bond motifs is 1. The van der Waals surface area contributed by atoms with Crippen LogP contribution in [0.4, 0.5) is 5.69 Å². The zero-order chi connectivity index (χ0) is 25.3. The molecule has 0 N–H and O–H groups in total. The Balaban J connectivity index is 1.90. The smallest absolute Gasteiger partial charge is 0.338 e. The second-order valence-corrected chi connectivity index (χ2v) is 8.60. The van der Waals surface area contributed by atoms with Gasteiger partial charge in [0, 0.05) is 19.1 Å². The summed E-state index contributed by atoms with van der Waals surface area (Å²) in [7, 11) is 1.25. The molecule has 1 aliphatic heterocycles. The van der Waals surface area contributed by atoms with Crippen LogP contribution in [-0.4, -0.2) is 28.5 Å². The van der Waals surface area contributed by atoms with Crippen LogP contribution in [0.25, 0.3) is 6.08 Å². The molecule has 0 radical (unpaired) electrons. The van der Waals surface area contributed by atoms with Crippen LogP contribution < -0.4 is 19.6 Å². The predicted octanol–water partition coefficient (Wildman–Crippen LogP) is 2.24. The van der Waals surface area contributed by atoms with E-state index in [1.807, 2.05) is 0 Å². The molecule has 1 unspecified atom stereocenters. The summed E-state index contributed by atoms with van der Waals surface area (Å²) < 4.78 is 11.7. The third-order valence-electron chi connectivity index (χ3n) is 5.26. The predicted molar refractivity (Wildman–Crippen MR) is 127 cm³/mol. The van der Waals surface area contributed by atoms with E-state index in [0.29, 0.717) is 31.9 Å². The molecule has 178 valence electrons. The molecule has 0 bridgehead atoms. The van der Waals surface area contributed by atoms with Gasteiger partial charge in [-0.05, 0) is 36.3 Å². The summed E-state index contributed by atoms with van der Waals surface area (Å²) in [6.07, 6.45) is 1.55. The maximum absolute atomic E-state index is 13.5. The maximum Gasteiger partial charge on any atom is 0.338 e. The Bertz CT molecular complexity index is 1570. The largest absolute Gasteiger partial charge is 0.466 e. The lowest BCUT2D eigenvalue weighted by Gasteiger charge is -2.24. The molecule has 0 fully saturated rings. The summed E-state index contributed by atoms with van der Waals surface area (Å²) in [5.41, 5.74) is 1.15. The number of thiazole rings is 1. The molecular formula is C24H19N3O7S. The standard InChI is InChI=1S/C24H19N3O7S/c1-13-20(23(30)33-3)21(16-7-9-18(10-8-16)34-14(2)28)26-22(29)19(35-24(26)25-13)12-15-5-4-6-17(11-15)27(31)32/h4-12,21H,1-3H3/b19-12+. The zero-order valence-electron chi connectivity index (χ0n) is 18.9. The van der Waals surface area contributed by atoms with Gasteiger partial charge in [-0.1, -0.05) is 35.6 Å². The molecule has 35 heavy (non-hydrogen) atoms. The van der Waals surface area contributed by atoms with Crippen molar-refractivity contribution in [2.45, 2.75) is 19.9 Å². The Morgan fingerprint density at radius 1 is 1.20 bits per heavy atom. The summed E-state index contributed by atoms with van der Waals surface area (Å²) in [6, 6.07) is 11.5. The van der Waals surface area contributed by atoms with Crippen molar-refractivity contribution in [2.75, 3.05) is 7.11 Å². The number of nitro groups is 1. The number of carbonyl (C=O) groups excluding carboxylic acids is 2. The van der Waals surface area contributed by atoms with Crippen molar-refractivity contribution < 1.29 is 24.0 Å². The number of hydrogen-bond acceptors (Lipinski definition) is 9. The first-order valence-electron chi connectivity index (χ1n) is 10.3. The van der Waals surface area contributed by atoms with Crippen molar-refractivity contribution in [1.29, 1.82) is 0 Å². The average molecular weight is 493 g/mol. The number of benzene rings is 2. The van der Waals surface area contributed by atoms with Crippen molar-refractivity contribution >= 4 is 35.0 Å². The third-order valence-corrected chi connectivity index (χ3v) is 6.25. The monoisotopic (exact) mass is 493 g/mol. The van der Waals surface area contributed by atoms with Crippen LogP contribution in [0.2, 0.25) is 0 Å². The quantitative estimate of drug-likeness (QED) is 0.231. The van der Waals surface area contributed by atoms with Gasteiger partial charge in [-0.2, -0.15) is 0 Å². The maximum atomic E-state index is 13.5. The first kappa shape index (κ1) is 23.8. The Kier molecular flexibility index (Phi) is 6.43. The minimum atomic E-state index is -0.836. The highest BCUT2D eigenvalue weighted by Crippen LogP contribution is 2.31. The van der Waals surface area contributed by atoms with Crippen LogP contribution in [0.5, 0.6) is 5.75 Å². The fourth-order valence-electron chi connectivity index (χ4n) is 3.77. The Labute approximate surface area is 202 Å². The molecule has 3 aromatic rings. The van der Waals surface area contributed by atoms with E-state index < -0.39 is 28.5 Å². The molecule has 2 heterocycles. The topological polar surface area (TPSA) is 130 Å². The van der Waals surface area contributed by atoms with Crippen LogP contribution in [0, 0.1) is 10.1 Å². The number of aromatic nitrogens is 1. The van der Waals surface area contributed by atoms with Gasteiger partial charge in [-0.25, -0.2) is 9.79 Å². The second kappa shape index (κ2) is 9.47. The number of methoxy groups -OCH3 is 1. The Morgan fingerprint density at radius 2 is 1.91 bits per heavy atom. The number of nitro benzene ring substituents is 1. The van der Waals surface area contributed by atoms with Crippen LogP contribution in [-0.2, 0) is 14.3 Å². The van der Waals surface area contributed by atoms with E-state index in [0.717, 1.165) is 11.3 Å². The zero-order valence-corrected chi connectivity index (χ0v) is 19.7. The average Bonchev–Trinajstić information content (AvgIpc) is 3.12. The summed E-state index contributed by atoms with van der Waals surface area (Å²) >= 11 is 1.11. The molecule has 2 aromatic carbocycles.